The number of furan rings is 1. The summed E-state index contributed by atoms with van der Waals surface area (Å²) < 4.78 is 6.79. The predicted molar refractivity (Wildman–Crippen MR) is 70.7 cm³/mol. The van der Waals surface area contributed by atoms with Crippen molar-refractivity contribution < 1.29 is 14.3 Å². The minimum Gasteiger partial charge on any atom is -0.465 e. The SMILES string of the molecule is O=C(O)N1CCCc2c(oc3ccc(Br)cc23)C1. The van der Waals surface area contributed by atoms with Crippen LogP contribution in [0.25, 0.3) is 11.0 Å². The van der Waals surface area contributed by atoms with Crippen molar-refractivity contribution in [2.24, 2.45) is 0 Å². The molecule has 5 heteroatoms. The van der Waals surface area contributed by atoms with Gasteiger partial charge in [-0.15, -0.1) is 0 Å². The highest BCUT2D eigenvalue weighted by molar-refractivity contribution is 9.10. The Kier molecular flexibility index (Phi) is 2.78. The number of carbonyl (C=O) groups is 1. The maximum atomic E-state index is 11.1. The van der Waals surface area contributed by atoms with Gasteiger partial charge < -0.3 is 14.4 Å². The Morgan fingerprint density at radius 2 is 2.28 bits per heavy atom. The fraction of sp³-hybridized carbons (Fsp3) is 0.308. The average molecular weight is 310 g/mol. The second-order valence-electron chi connectivity index (χ2n) is 4.45. The highest BCUT2D eigenvalue weighted by Crippen LogP contribution is 2.32. The molecule has 0 saturated heterocycles. The summed E-state index contributed by atoms with van der Waals surface area (Å²) in [5.74, 6) is 0.781. The third kappa shape index (κ3) is 1.88. The first-order valence-electron chi connectivity index (χ1n) is 5.83. The van der Waals surface area contributed by atoms with Gasteiger partial charge in [0.1, 0.15) is 11.3 Å². The summed E-state index contributed by atoms with van der Waals surface area (Å²) >= 11 is 3.45. The third-order valence-corrected chi connectivity index (χ3v) is 3.79. The number of benzene rings is 1. The maximum Gasteiger partial charge on any atom is 0.407 e. The Balaban J connectivity index is 2.10. The summed E-state index contributed by atoms with van der Waals surface area (Å²) in [5, 5.41) is 10.2. The minimum absolute atomic E-state index is 0.344. The number of nitrogens with zero attached hydrogens (tertiary/aromatic N) is 1. The van der Waals surface area contributed by atoms with Crippen LogP contribution >= 0.6 is 15.9 Å². The van der Waals surface area contributed by atoms with Crippen LogP contribution in [0, 0.1) is 0 Å². The molecule has 1 aliphatic rings. The number of rotatable bonds is 0. The molecule has 1 aliphatic heterocycles. The molecule has 0 atom stereocenters. The Labute approximate surface area is 112 Å². The van der Waals surface area contributed by atoms with Crippen LogP contribution < -0.4 is 0 Å². The van der Waals surface area contributed by atoms with Crippen molar-refractivity contribution >= 4 is 33.0 Å². The van der Waals surface area contributed by atoms with E-state index in [0.29, 0.717) is 13.1 Å². The van der Waals surface area contributed by atoms with Crippen molar-refractivity contribution in [3.05, 3.63) is 34.0 Å². The van der Waals surface area contributed by atoms with Crippen molar-refractivity contribution in [1.29, 1.82) is 0 Å². The van der Waals surface area contributed by atoms with Crippen LogP contribution in [0.1, 0.15) is 17.7 Å². The molecule has 0 unspecified atom stereocenters. The monoisotopic (exact) mass is 309 g/mol. The van der Waals surface area contributed by atoms with E-state index in [1.807, 2.05) is 18.2 Å². The zero-order valence-electron chi connectivity index (χ0n) is 9.65. The summed E-state index contributed by atoms with van der Waals surface area (Å²) in [7, 11) is 0. The van der Waals surface area contributed by atoms with Crippen molar-refractivity contribution in [1.82, 2.24) is 4.90 Å². The van der Waals surface area contributed by atoms with Crippen LogP contribution in [0.2, 0.25) is 0 Å². The summed E-state index contributed by atoms with van der Waals surface area (Å²) in [6.07, 6.45) is 0.813. The lowest BCUT2D eigenvalue weighted by atomic mass is 10.1. The Hall–Kier alpha value is -1.49. The van der Waals surface area contributed by atoms with Crippen molar-refractivity contribution in [3.8, 4) is 0 Å². The fourth-order valence-corrected chi connectivity index (χ4v) is 2.80. The fourth-order valence-electron chi connectivity index (χ4n) is 2.44. The molecule has 0 fully saturated rings. The number of hydrogen-bond donors (Lipinski definition) is 1. The molecular formula is C13H12BrNO3. The number of amides is 1. The van der Waals surface area contributed by atoms with Crippen molar-refractivity contribution in [2.75, 3.05) is 6.54 Å². The van der Waals surface area contributed by atoms with E-state index in [2.05, 4.69) is 15.9 Å². The van der Waals surface area contributed by atoms with Gasteiger partial charge in [-0.1, -0.05) is 15.9 Å². The standard InChI is InChI=1S/C13H12BrNO3/c14-8-3-4-11-10(6-8)9-2-1-5-15(13(16)17)7-12(9)18-11/h3-4,6H,1-2,5,7H2,(H,16,17). The Morgan fingerprint density at radius 1 is 1.44 bits per heavy atom. The van der Waals surface area contributed by atoms with E-state index in [4.69, 9.17) is 9.52 Å². The van der Waals surface area contributed by atoms with Gasteiger partial charge >= 0.3 is 6.09 Å². The molecule has 1 aromatic heterocycles. The van der Waals surface area contributed by atoms with Crippen molar-refractivity contribution in [2.45, 2.75) is 19.4 Å². The molecule has 0 aliphatic carbocycles. The summed E-state index contributed by atoms with van der Waals surface area (Å²) in [6.45, 7) is 0.909. The first-order valence-corrected chi connectivity index (χ1v) is 6.62. The van der Waals surface area contributed by atoms with Gasteiger partial charge in [-0.05, 0) is 31.0 Å². The van der Waals surface area contributed by atoms with Gasteiger partial charge in [0, 0.05) is 22.0 Å². The first kappa shape index (κ1) is 11.6. The smallest absolute Gasteiger partial charge is 0.407 e. The van der Waals surface area contributed by atoms with E-state index in [1.54, 1.807) is 0 Å². The molecule has 1 amide bonds. The summed E-state index contributed by atoms with van der Waals surface area (Å²) in [5.41, 5.74) is 1.98. The normalized spacial score (nSPS) is 15.5. The number of carboxylic acid groups (broad SMARTS) is 1. The third-order valence-electron chi connectivity index (χ3n) is 3.30. The second-order valence-corrected chi connectivity index (χ2v) is 5.37. The molecule has 0 spiro atoms. The number of hydrogen-bond acceptors (Lipinski definition) is 2. The summed E-state index contributed by atoms with van der Waals surface area (Å²) in [4.78, 5) is 12.5. The largest absolute Gasteiger partial charge is 0.465 e. The topological polar surface area (TPSA) is 53.7 Å². The molecule has 3 rings (SSSR count). The van der Waals surface area contributed by atoms with E-state index < -0.39 is 6.09 Å². The van der Waals surface area contributed by atoms with Crippen LogP contribution in [0.15, 0.2) is 27.1 Å². The number of halogens is 1. The quantitative estimate of drug-likeness (QED) is 0.808. The van der Waals surface area contributed by atoms with Crippen LogP contribution in [0.3, 0.4) is 0 Å². The van der Waals surface area contributed by atoms with Gasteiger partial charge in [-0.3, -0.25) is 0 Å². The second kappa shape index (κ2) is 4.31. The summed E-state index contributed by atoms with van der Waals surface area (Å²) in [6, 6.07) is 5.88. The highest BCUT2D eigenvalue weighted by Gasteiger charge is 2.23. The molecule has 1 aromatic carbocycles. The van der Waals surface area contributed by atoms with E-state index in [9.17, 15) is 4.79 Å². The molecular weight excluding hydrogens is 298 g/mol. The Bertz CT molecular complexity index is 620. The highest BCUT2D eigenvalue weighted by atomic mass is 79.9. The van der Waals surface area contributed by atoms with Gasteiger partial charge in [0.05, 0.1) is 6.54 Å². The molecule has 1 N–H and O–H groups in total. The van der Waals surface area contributed by atoms with Crippen LogP contribution in [0.4, 0.5) is 4.79 Å². The molecule has 18 heavy (non-hydrogen) atoms. The molecule has 0 bridgehead atoms. The molecule has 4 nitrogen and oxygen atoms in total. The van der Waals surface area contributed by atoms with E-state index in [0.717, 1.165) is 39.6 Å². The van der Waals surface area contributed by atoms with Crippen LogP contribution in [-0.4, -0.2) is 22.6 Å². The predicted octanol–water partition coefficient (Wildman–Crippen LogP) is 3.62. The zero-order valence-corrected chi connectivity index (χ0v) is 11.2. The van der Waals surface area contributed by atoms with Crippen LogP contribution in [0.5, 0.6) is 0 Å². The Morgan fingerprint density at radius 3 is 3.06 bits per heavy atom. The van der Waals surface area contributed by atoms with E-state index in [-0.39, 0.29) is 0 Å². The van der Waals surface area contributed by atoms with Crippen LogP contribution in [-0.2, 0) is 13.0 Å². The minimum atomic E-state index is -0.885. The molecule has 0 radical (unpaired) electrons. The lowest BCUT2D eigenvalue weighted by Gasteiger charge is -2.14. The van der Waals surface area contributed by atoms with Gasteiger partial charge in [0.15, 0.2) is 0 Å². The maximum absolute atomic E-state index is 11.1. The molecule has 2 heterocycles. The average Bonchev–Trinajstić information content (AvgIpc) is 2.54. The van der Waals surface area contributed by atoms with E-state index >= 15 is 0 Å². The lowest BCUT2D eigenvalue weighted by Crippen LogP contribution is -2.28. The first-order chi connectivity index (χ1) is 8.65. The number of aryl methyl sites for hydroxylation is 1. The van der Waals surface area contributed by atoms with Gasteiger partial charge in [-0.2, -0.15) is 0 Å². The lowest BCUT2D eigenvalue weighted by molar-refractivity contribution is 0.140. The molecule has 94 valence electrons. The van der Waals surface area contributed by atoms with Gasteiger partial charge in [0.2, 0.25) is 0 Å². The van der Waals surface area contributed by atoms with E-state index in [1.165, 1.54) is 4.90 Å². The van der Waals surface area contributed by atoms with Gasteiger partial charge in [-0.25, -0.2) is 4.79 Å². The number of fused-ring (bicyclic) bond motifs is 3. The molecule has 0 saturated carbocycles. The zero-order chi connectivity index (χ0) is 12.7. The van der Waals surface area contributed by atoms with Crippen molar-refractivity contribution in [3.63, 3.8) is 0 Å². The van der Waals surface area contributed by atoms with Gasteiger partial charge in [0.25, 0.3) is 0 Å². The molecule has 2 aromatic rings.